The molecule has 0 saturated carbocycles. The second-order valence-electron chi connectivity index (χ2n) is 0.991. The monoisotopic (exact) mass is 130 g/mol. The van der Waals surface area contributed by atoms with Crippen molar-refractivity contribution in [3.8, 4) is 0 Å². The molecule has 0 unspecified atom stereocenters. The van der Waals surface area contributed by atoms with Gasteiger partial charge in [-0.3, -0.25) is 0 Å². The van der Waals surface area contributed by atoms with E-state index in [0.717, 1.165) is 0 Å². The van der Waals surface area contributed by atoms with Crippen LogP contribution in [0.3, 0.4) is 0 Å². The molecule has 0 bridgehead atoms. The van der Waals surface area contributed by atoms with Crippen LogP contribution in [0.4, 0.5) is 12.0 Å². The van der Waals surface area contributed by atoms with E-state index in [1.165, 1.54) is 0 Å². The van der Waals surface area contributed by atoms with Crippen LogP contribution in [0.1, 0.15) is 13.8 Å². The molecule has 5 heteroatoms. The van der Waals surface area contributed by atoms with E-state index in [2.05, 4.69) is 14.7 Å². The summed E-state index contributed by atoms with van der Waals surface area (Å²) in [5.41, 5.74) is 9.94. The Hall–Kier alpha value is -1.26. The SMILES string of the molecule is CC.Nc1noc(N)n1. The molecule has 52 valence electrons. The Morgan fingerprint density at radius 2 is 1.89 bits per heavy atom. The Morgan fingerprint density at radius 3 is 2.00 bits per heavy atom. The Bertz CT molecular complexity index is 145. The summed E-state index contributed by atoms with van der Waals surface area (Å²) in [6, 6.07) is -0.00231. The number of anilines is 2. The van der Waals surface area contributed by atoms with E-state index in [1.54, 1.807) is 0 Å². The van der Waals surface area contributed by atoms with Crippen LogP contribution in [0, 0.1) is 0 Å². The van der Waals surface area contributed by atoms with Gasteiger partial charge in [-0.05, 0) is 5.16 Å². The summed E-state index contributed by atoms with van der Waals surface area (Å²) in [7, 11) is 0. The Kier molecular flexibility index (Phi) is 3.19. The molecule has 1 aromatic heterocycles. The number of hydrogen-bond donors (Lipinski definition) is 2. The summed E-state index contributed by atoms with van der Waals surface area (Å²) < 4.78 is 4.26. The standard InChI is InChI=1S/C2H4N4O.C2H6/c3-1-5-2(4)7-6-1;1-2/h(H4,3,4,5,6);1-2H3. The molecule has 4 N–H and O–H groups in total. The molecular weight excluding hydrogens is 120 g/mol. The summed E-state index contributed by atoms with van der Waals surface area (Å²) in [6.45, 7) is 4.00. The first-order valence-corrected chi connectivity index (χ1v) is 2.63. The molecule has 9 heavy (non-hydrogen) atoms. The van der Waals surface area contributed by atoms with Crippen LogP contribution in [0.15, 0.2) is 4.52 Å². The van der Waals surface area contributed by atoms with Crippen LogP contribution >= 0.6 is 0 Å². The normalized spacial score (nSPS) is 7.78. The first-order chi connectivity index (χ1) is 4.29. The van der Waals surface area contributed by atoms with Gasteiger partial charge in [-0.15, -0.1) is 0 Å². The zero-order valence-electron chi connectivity index (χ0n) is 5.46. The molecule has 1 aromatic rings. The van der Waals surface area contributed by atoms with Crippen molar-refractivity contribution in [2.24, 2.45) is 0 Å². The van der Waals surface area contributed by atoms with Crippen molar-refractivity contribution in [1.82, 2.24) is 10.1 Å². The third-order valence-corrected chi connectivity index (χ3v) is 0.457. The van der Waals surface area contributed by atoms with E-state index in [1.807, 2.05) is 13.8 Å². The van der Waals surface area contributed by atoms with Gasteiger partial charge in [0.25, 0.3) is 5.95 Å². The Balaban J connectivity index is 0.000000291. The molecular formula is C4H10N4O. The molecule has 5 nitrogen and oxygen atoms in total. The molecule has 0 spiro atoms. The average molecular weight is 130 g/mol. The minimum absolute atomic E-state index is 0.00231. The second-order valence-corrected chi connectivity index (χ2v) is 0.991. The first kappa shape index (κ1) is 7.74. The molecule has 0 radical (unpaired) electrons. The average Bonchev–Trinajstić information content (AvgIpc) is 2.20. The van der Waals surface area contributed by atoms with Crippen molar-refractivity contribution in [1.29, 1.82) is 0 Å². The first-order valence-electron chi connectivity index (χ1n) is 2.63. The van der Waals surface area contributed by atoms with Gasteiger partial charge in [-0.2, -0.15) is 4.98 Å². The molecule has 0 amide bonds. The van der Waals surface area contributed by atoms with Gasteiger partial charge in [0.05, 0.1) is 0 Å². The number of nitrogens with two attached hydrogens (primary N) is 2. The fourth-order valence-electron chi connectivity index (χ4n) is 0.247. The molecule has 0 aromatic carbocycles. The van der Waals surface area contributed by atoms with Gasteiger partial charge in [0.2, 0.25) is 0 Å². The third kappa shape index (κ3) is 2.53. The van der Waals surface area contributed by atoms with Crippen molar-refractivity contribution in [3.05, 3.63) is 0 Å². The highest BCUT2D eigenvalue weighted by Gasteiger charge is 1.91. The van der Waals surface area contributed by atoms with Crippen molar-refractivity contribution >= 4 is 12.0 Å². The van der Waals surface area contributed by atoms with Crippen LogP contribution in [-0.2, 0) is 0 Å². The summed E-state index contributed by atoms with van der Waals surface area (Å²) in [4.78, 5) is 3.39. The lowest BCUT2D eigenvalue weighted by atomic mass is 11.0. The zero-order chi connectivity index (χ0) is 7.28. The van der Waals surface area contributed by atoms with Gasteiger partial charge in [-0.1, -0.05) is 13.8 Å². The Morgan fingerprint density at radius 1 is 1.33 bits per heavy atom. The van der Waals surface area contributed by atoms with Crippen molar-refractivity contribution in [2.75, 3.05) is 11.5 Å². The fraction of sp³-hybridized carbons (Fsp3) is 0.500. The van der Waals surface area contributed by atoms with E-state index < -0.39 is 0 Å². The molecule has 0 atom stereocenters. The molecule has 0 fully saturated rings. The van der Waals surface area contributed by atoms with Crippen LogP contribution in [0.25, 0.3) is 0 Å². The van der Waals surface area contributed by atoms with Gasteiger partial charge < -0.3 is 16.0 Å². The molecule has 1 heterocycles. The van der Waals surface area contributed by atoms with Gasteiger partial charge in [0.1, 0.15) is 0 Å². The summed E-state index contributed by atoms with van der Waals surface area (Å²) in [5.74, 6) is 0.0671. The van der Waals surface area contributed by atoms with Crippen LogP contribution < -0.4 is 11.5 Å². The van der Waals surface area contributed by atoms with E-state index in [0.29, 0.717) is 0 Å². The van der Waals surface area contributed by atoms with Crippen LogP contribution in [0.2, 0.25) is 0 Å². The lowest BCUT2D eigenvalue weighted by molar-refractivity contribution is 0.437. The highest BCUT2D eigenvalue weighted by Crippen LogP contribution is 1.95. The van der Waals surface area contributed by atoms with E-state index in [4.69, 9.17) is 11.5 Å². The lowest BCUT2D eigenvalue weighted by Gasteiger charge is -1.66. The predicted octanol–water partition coefficient (Wildman–Crippen LogP) is 0.260. The van der Waals surface area contributed by atoms with Gasteiger partial charge in [0.15, 0.2) is 0 Å². The topological polar surface area (TPSA) is 91.0 Å². The highest BCUT2D eigenvalue weighted by atomic mass is 16.5. The fourth-order valence-corrected chi connectivity index (χ4v) is 0.247. The van der Waals surface area contributed by atoms with Gasteiger partial charge in [0, 0.05) is 0 Å². The number of nitrogen functional groups attached to an aromatic ring is 2. The minimum Gasteiger partial charge on any atom is -0.365 e. The maximum absolute atomic E-state index is 4.98. The second kappa shape index (κ2) is 3.71. The summed E-state index contributed by atoms with van der Waals surface area (Å²) >= 11 is 0. The molecule has 0 aliphatic heterocycles. The number of rotatable bonds is 0. The lowest BCUT2D eigenvalue weighted by Crippen LogP contribution is -1.87. The molecule has 0 saturated heterocycles. The summed E-state index contributed by atoms with van der Waals surface area (Å²) in [5, 5.41) is 3.18. The zero-order valence-corrected chi connectivity index (χ0v) is 5.46. The predicted molar refractivity (Wildman–Crippen MR) is 34.5 cm³/mol. The Labute approximate surface area is 53.0 Å². The highest BCUT2D eigenvalue weighted by molar-refractivity contribution is 5.19. The van der Waals surface area contributed by atoms with E-state index in [9.17, 15) is 0 Å². The number of aromatic nitrogens is 2. The van der Waals surface area contributed by atoms with Crippen LogP contribution in [0.5, 0.6) is 0 Å². The van der Waals surface area contributed by atoms with Gasteiger partial charge in [-0.25, -0.2) is 0 Å². The summed E-state index contributed by atoms with van der Waals surface area (Å²) in [6.07, 6.45) is 0. The van der Waals surface area contributed by atoms with Crippen LogP contribution in [-0.4, -0.2) is 10.1 Å². The minimum atomic E-state index is -0.00231. The maximum atomic E-state index is 4.98. The molecule has 0 aliphatic rings. The largest absolute Gasteiger partial charge is 0.365 e. The molecule has 0 aliphatic carbocycles. The van der Waals surface area contributed by atoms with E-state index in [-0.39, 0.29) is 12.0 Å². The number of nitrogens with zero attached hydrogens (tertiary/aromatic N) is 2. The van der Waals surface area contributed by atoms with Crippen molar-refractivity contribution < 1.29 is 4.52 Å². The van der Waals surface area contributed by atoms with Crippen molar-refractivity contribution in [2.45, 2.75) is 13.8 Å². The molecule has 1 rings (SSSR count). The smallest absolute Gasteiger partial charge is 0.320 e. The van der Waals surface area contributed by atoms with E-state index >= 15 is 0 Å². The quantitative estimate of drug-likeness (QED) is 0.525. The maximum Gasteiger partial charge on any atom is 0.320 e. The number of hydrogen-bond acceptors (Lipinski definition) is 5. The third-order valence-electron chi connectivity index (χ3n) is 0.457. The van der Waals surface area contributed by atoms with Crippen molar-refractivity contribution in [3.63, 3.8) is 0 Å². The van der Waals surface area contributed by atoms with Gasteiger partial charge >= 0.3 is 6.01 Å².